The SMILES string of the molecule is O=C(NC1CC1)c1cc(-c2ccccc2Cl)nc2ccccc12. The van der Waals surface area contributed by atoms with Crippen molar-refractivity contribution in [1.29, 1.82) is 0 Å². The van der Waals surface area contributed by atoms with Gasteiger partial charge in [0, 0.05) is 22.0 Å². The average Bonchev–Trinajstić information content (AvgIpc) is 3.38. The monoisotopic (exact) mass is 322 g/mol. The van der Waals surface area contributed by atoms with Gasteiger partial charge in [-0.05, 0) is 31.0 Å². The van der Waals surface area contributed by atoms with Gasteiger partial charge >= 0.3 is 0 Å². The lowest BCUT2D eigenvalue weighted by molar-refractivity contribution is 0.0952. The second-order valence-corrected chi connectivity index (χ2v) is 6.21. The molecular formula is C19H15ClN2O. The Morgan fingerprint density at radius 2 is 1.83 bits per heavy atom. The Labute approximate surface area is 139 Å². The van der Waals surface area contributed by atoms with Crippen LogP contribution in [0.4, 0.5) is 0 Å². The van der Waals surface area contributed by atoms with E-state index < -0.39 is 0 Å². The predicted octanol–water partition coefficient (Wildman–Crippen LogP) is 4.45. The molecule has 0 aliphatic heterocycles. The van der Waals surface area contributed by atoms with Crippen LogP contribution in [0.25, 0.3) is 22.2 Å². The normalized spacial score (nSPS) is 14.0. The van der Waals surface area contributed by atoms with Crippen molar-refractivity contribution in [2.75, 3.05) is 0 Å². The number of aromatic nitrogens is 1. The van der Waals surface area contributed by atoms with Gasteiger partial charge in [-0.1, -0.05) is 48.0 Å². The van der Waals surface area contributed by atoms with Crippen molar-refractivity contribution in [2.45, 2.75) is 18.9 Å². The van der Waals surface area contributed by atoms with Crippen LogP contribution in [0.3, 0.4) is 0 Å². The zero-order valence-electron chi connectivity index (χ0n) is 12.4. The number of amides is 1. The molecule has 2 aromatic carbocycles. The zero-order valence-corrected chi connectivity index (χ0v) is 13.2. The maximum absolute atomic E-state index is 12.6. The second-order valence-electron chi connectivity index (χ2n) is 5.80. The van der Waals surface area contributed by atoms with Gasteiger partial charge in [-0.2, -0.15) is 0 Å². The van der Waals surface area contributed by atoms with Gasteiger partial charge < -0.3 is 5.32 Å². The van der Waals surface area contributed by atoms with E-state index in [0.29, 0.717) is 16.6 Å². The highest BCUT2D eigenvalue weighted by atomic mass is 35.5. The Bertz CT molecular complexity index is 903. The molecular weight excluding hydrogens is 308 g/mol. The largest absolute Gasteiger partial charge is 0.349 e. The molecule has 0 spiro atoms. The summed E-state index contributed by atoms with van der Waals surface area (Å²) in [6.45, 7) is 0. The van der Waals surface area contributed by atoms with Gasteiger partial charge in [0.25, 0.3) is 5.91 Å². The molecule has 0 radical (unpaired) electrons. The summed E-state index contributed by atoms with van der Waals surface area (Å²) >= 11 is 6.30. The minimum atomic E-state index is -0.0422. The molecule has 1 aromatic heterocycles. The first-order valence-corrected chi connectivity index (χ1v) is 8.06. The molecule has 0 atom stereocenters. The number of rotatable bonds is 3. The van der Waals surface area contributed by atoms with Gasteiger partial charge in [0.15, 0.2) is 0 Å². The number of halogens is 1. The Balaban J connectivity index is 1.89. The maximum atomic E-state index is 12.6. The topological polar surface area (TPSA) is 42.0 Å². The number of benzene rings is 2. The quantitative estimate of drug-likeness (QED) is 0.774. The van der Waals surface area contributed by atoms with E-state index in [-0.39, 0.29) is 5.91 Å². The van der Waals surface area contributed by atoms with E-state index in [9.17, 15) is 4.79 Å². The fourth-order valence-corrected chi connectivity index (χ4v) is 2.89. The van der Waals surface area contributed by atoms with Crippen molar-refractivity contribution in [3.05, 3.63) is 65.2 Å². The van der Waals surface area contributed by atoms with Crippen LogP contribution >= 0.6 is 11.6 Å². The summed E-state index contributed by atoms with van der Waals surface area (Å²) in [7, 11) is 0. The Hall–Kier alpha value is -2.39. The molecule has 23 heavy (non-hydrogen) atoms. The second kappa shape index (κ2) is 5.67. The van der Waals surface area contributed by atoms with Crippen LogP contribution in [0.1, 0.15) is 23.2 Å². The molecule has 114 valence electrons. The molecule has 1 aliphatic carbocycles. The highest BCUT2D eigenvalue weighted by Gasteiger charge is 2.25. The van der Waals surface area contributed by atoms with E-state index in [1.165, 1.54) is 0 Å². The van der Waals surface area contributed by atoms with Gasteiger partial charge in [0.05, 0.1) is 16.8 Å². The van der Waals surface area contributed by atoms with Crippen LogP contribution in [0.15, 0.2) is 54.6 Å². The van der Waals surface area contributed by atoms with Crippen LogP contribution in [0, 0.1) is 0 Å². The summed E-state index contributed by atoms with van der Waals surface area (Å²) in [4.78, 5) is 17.3. The van der Waals surface area contributed by atoms with Gasteiger partial charge in [0.2, 0.25) is 0 Å². The lowest BCUT2D eigenvalue weighted by Gasteiger charge is -2.11. The summed E-state index contributed by atoms with van der Waals surface area (Å²) in [6.07, 6.45) is 2.12. The number of nitrogens with zero attached hydrogens (tertiary/aromatic N) is 1. The highest BCUT2D eigenvalue weighted by Crippen LogP contribution is 2.30. The molecule has 1 N–H and O–H groups in total. The summed E-state index contributed by atoms with van der Waals surface area (Å²) in [5.41, 5.74) is 3.00. The first-order chi connectivity index (χ1) is 11.2. The number of carbonyl (C=O) groups is 1. The summed E-state index contributed by atoms with van der Waals surface area (Å²) in [5, 5.41) is 4.55. The number of para-hydroxylation sites is 1. The number of pyridine rings is 1. The molecule has 0 bridgehead atoms. The Morgan fingerprint density at radius 3 is 2.61 bits per heavy atom. The molecule has 3 aromatic rings. The fraction of sp³-hybridized carbons (Fsp3) is 0.158. The molecule has 4 rings (SSSR count). The molecule has 4 heteroatoms. The van der Waals surface area contributed by atoms with E-state index in [1.807, 2.05) is 54.6 Å². The molecule has 1 saturated carbocycles. The zero-order chi connectivity index (χ0) is 15.8. The fourth-order valence-electron chi connectivity index (χ4n) is 2.66. The van der Waals surface area contributed by atoms with Crippen molar-refractivity contribution in [2.24, 2.45) is 0 Å². The highest BCUT2D eigenvalue weighted by molar-refractivity contribution is 6.33. The lowest BCUT2D eigenvalue weighted by atomic mass is 10.0. The third-order valence-electron chi connectivity index (χ3n) is 4.02. The van der Waals surface area contributed by atoms with E-state index in [0.717, 1.165) is 35.0 Å². The lowest BCUT2D eigenvalue weighted by Crippen LogP contribution is -2.25. The van der Waals surface area contributed by atoms with Gasteiger partial charge in [0.1, 0.15) is 0 Å². The number of nitrogens with one attached hydrogen (secondary N) is 1. The smallest absolute Gasteiger partial charge is 0.252 e. The van der Waals surface area contributed by atoms with E-state index in [4.69, 9.17) is 11.6 Å². The van der Waals surface area contributed by atoms with Crippen LogP contribution in [-0.2, 0) is 0 Å². The van der Waals surface area contributed by atoms with E-state index in [1.54, 1.807) is 0 Å². The van der Waals surface area contributed by atoms with Crippen LogP contribution in [0.5, 0.6) is 0 Å². The third kappa shape index (κ3) is 2.80. The molecule has 1 amide bonds. The van der Waals surface area contributed by atoms with Crippen molar-refractivity contribution >= 4 is 28.4 Å². The van der Waals surface area contributed by atoms with Crippen molar-refractivity contribution in [3.8, 4) is 11.3 Å². The van der Waals surface area contributed by atoms with Crippen LogP contribution < -0.4 is 5.32 Å². The number of hydrogen-bond donors (Lipinski definition) is 1. The Kier molecular flexibility index (Phi) is 3.50. The van der Waals surface area contributed by atoms with Gasteiger partial charge in [-0.3, -0.25) is 4.79 Å². The maximum Gasteiger partial charge on any atom is 0.252 e. The van der Waals surface area contributed by atoms with Crippen LogP contribution in [-0.4, -0.2) is 16.9 Å². The molecule has 1 heterocycles. The first-order valence-electron chi connectivity index (χ1n) is 7.68. The molecule has 0 unspecified atom stereocenters. The third-order valence-corrected chi connectivity index (χ3v) is 4.35. The Morgan fingerprint density at radius 1 is 1.09 bits per heavy atom. The minimum absolute atomic E-state index is 0.0422. The average molecular weight is 323 g/mol. The molecule has 1 fully saturated rings. The van der Waals surface area contributed by atoms with Gasteiger partial charge in [-0.25, -0.2) is 4.98 Å². The predicted molar refractivity (Wildman–Crippen MR) is 92.7 cm³/mol. The van der Waals surface area contributed by atoms with E-state index in [2.05, 4.69) is 10.3 Å². The number of carbonyl (C=O) groups excluding carboxylic acids is 1. The molecule has 3 nitrogen and oxygen atoms in total. The summed E-state index contributed by atoms with van der Waals surface area (Å²) in [6, 6.07) is 17.4. The first kappa shape index (κ1) is 14.2. The standard InChI is InChI=1S/C19H15ClN2O/c20-16-7-3-1-6-14(16)18-11-15(19(23)21-12-9-10-12)13-5-2-4-8-17(13)22-18/h1-8,11-12H,9-10H2,(H,21,23). The van der Waals surface area contributed by atoms with Crippen molar-refractivity contribution < 1.29 is 4.79 Å². The number of hydrogen-bond acceptors (Lipinski definition) is 2. The summed E-state index contributed by atoms with van der Waals surface area (Å²) < 4.78 is 0. The van der Waals surface area contributed by atoms with Crippen LogP contribution in [0.2, 0.25) is 5.02 Å². The molecule has 1 aliphatic rings. The van der Waals surface area contributed by atoms with E-state index >= 15 is 0 Å². The van der Waals surface area contributed by atoms with Crippen molar-refractivity contribution in [1.82, 2.24) is 10.3 Å². The molecule has 0 saturated heterocycles. The minimum Gasteiger partial charge on any atom is -0.349 e. The number of fused-ring (bicyclic) bond motifs is 1. The summed E-state index contributed by atoms with van der Waals surface area (Å²) in [5.74, 6) is -0.0422. The van der Waals surface area contributed by atoms with Crippen molar-refractivity contribution in [3.63, 3.8) is 0 Å². The van der Waals surface area contributed by atoms with Gasteiger partial charge in [-0.15, -0.1) is 0 Å².